The first-order valence-electron chi connectivity index (χ1n) is 9.51. The minimum Gasteiger partial charge on any atom is -0.493 e. The average Bonchev–Trinajstić information content (AvgIpc) is 3.09. The van der Waals surface area contributed by atoms with Crippen molar-refractivity contribution < 1.29 is 9.47 Å². The van der Waals surface area contributed by atoms with Gasteiger partial charge >= 0.3 is 0 Å². The lowest BCUT2D eigenvalue weighted by molar-refractivity contribution is 0.257. The molecule has 27 heavy (non-hydrogen) atoms. The van der Waals surface area contributed by atoms with E-state index in [0.717, 1.165) is 42.1 Å². The first kappa shape index (κ1) is 17.9. The number of likely N-dealkylation sites (tertiary alicyclic amines) is 1. The van der Waals surface area contributed by atoms with Crippen LogP contribution in [-0.4, -0.2) is 37.9 Å². The van der Waals surface area contributed by atoms with E-state index in [1.54, 1.807) is 7.11 Å². The average molecular weight is 365 g/mol. The van der Waals surface area contributed by atoms with Crippen molar-refractivity contribution in [3.05, 3.63) is 59.2 Å². The Morgan fingerprint density at radius 2 is 2.07 bits per heavy atom. The maximum absolute atomic E-state index is 6.29. The first-order chi connectivity index (χ1) is 13.2. The van der Waals surface area contributed by atoms with Gasteiger partial charge in [-0.3, -0.25) is 0 Å². The number of hydrazone groups is 1. The lowest BCUT2D eigenvalue weighted by atomic mass is 9.86. The summed E-state index contributed by atoms with van der Waals surface area (Å²) in [5, 5.41) is 4.62. The molecule has 0 aliphatic carbocycles. The van der Waals surface area contributed by atoms with Crippen LogP contribution in [0.3, 0.4) is 0 Å². The zero-order valence-corrected chi connectivity index (χ0v) is 16.2. The van der Waals surface area contributed by atoms with Crippen molar-refractivity contribution in [3.8, 4) is 11.5 Å². The second-order valence-corrected chi connectivity index (χ2v) is 7.48. The Balaban J connectivity index is 1.61. The van der Waals surface area contributed by atoms with Crippen LogP contribution in [0.25, 0.3) is 0 Å². The fourth-order valence-corrected chi connectivity index (χ4v) is 4.04. The highest BCUT2D eigenvalue weighted by atomic mass is 16.5. The van der Waals surface area contributed by atoms with Gasteiger partial charge in [0, 0.05) is 36.7 Å². The van der Waals surface area contributed by atoms with Gasteiger partial charge in [-0.15, -0.1) is 0 Å². The van der Waals surface area contributed by atoms with Gasteiger partial charge in [0.1, 0.15) is 6.61 Å². The summed E-state index contributed by atoms with van der Waals surface area (Å²) in [6.45, 7) is 4.68. The number of piperidine rings is 1. The van der Waals surface area contributed by atoms with Crippen molar-refractivity contribution in [3.63, 3.8) is 0 Å². The largest absolute Gasteiger partial charge is 0.493 e. The number of fused-ring (bicyclic) bond motifs is 1. The third-order valence-corrected chi connectivity index (χ3v) is 5.47. The number of hydrogen-bond acceptors (Lipinski definition) is 5. The van der Waals surface area contributed by atoms with Gasteiger partial charge < -0.3 is 19.8 Å². The molecule has 0 aromatic heterocycles. The monoisotopic (exact) mass is 365 g/mol. The lowest BCUT2D eigenvalue weighted by Crippen LogP contribution is -2.39. The van der Waals surface area contributed by atoms with Crippen molar-refractivity contribution in [2.24, 2.45) is 11.0 Å². The molecular formula is C22H27N3O2. The Labute approximate surface area is 161 Å². The van der Waals surface area contributed by atoms with Gasteiger partial charge in [-0.2, -0.15) is 5.10 Å². The summed E-state index contributed by atoms with van der Waals surface area (Å²) >= 11 is 0. The van der Waals surface area contributed by atoms with Crippen LogP contribution >= 0.6 is 0 Å². The highest BCUT2D eigenvalue weighted by molar-refractivity contribution is 5.90. The summed E-state index contributed by atoms with van der Waals surface area (Å²) in [6, 6.07) is 14.6. The van der Waals surface area contributed by atoms with Crippen LogP contribution in [-0.2, 0) is 6.61 Å². The molecule has 2 aliphatic heterocycles. The van der Waals surface area contributed by atoms with E-state index in [2.05, 4.69) is 59.7 Å². The molecule has 2 aromatic rings. The van der Waals surface area contributed by atoms with Crippen molar-refractivity contribution in [2.75, 3.05) is 27.2 Å². The quantitative estimate of drug-likeness (QED) is 0.880. The number of nitrogens with one attached hydrogen (secondary N) is 1. The minimum absolute atomic E-state index is 0.116. The summed E-state index contributed by atoms with van der Waals surface area (Å²) in [7, 11) is 3.86. The zero-order chi connectivity index (χ0) is 18.8. The third-order valence-electron chi connectivity index (χ3n) is 5.47. The van der Waals surface area contributed by atoms with E-state index >= 15 is 0 Å². The Morgan fingerprint density at radius 1 is 1.22 bits per heavy atom. The maximum Gasteiger partial charge on any atom is 0.167 e. The molecule has 2 aromatic carbocycles. The molecule has 0 bridgehead atoms. The van der Waals surface area contributed by atoms with Crippen LogP contribution in [0.2, 0.25) is 0 Å². The Hall–Kier alpha value is -2.53. The predicted molar refractivity (Wildman–Crippen MR) is 107 cm³/mol. The smallest absolute Gasteiger partial charge is 0.167 e. The lowest BCUT2D eigenvalue weighted by Gasteiger charge is -2.31. The molecule has 1 saturated heterocycles. The molecule has 0 spiro atoms. The Morgan fingerprint density at radius 3 is 2.89 bits per heavy atom. The molecule has 142 valence electrons. The second-order valence-electron chi connectivity index (χ2n) is 7.48. The maximum atomic E-state index is 6.29. The molecule has 2 heterocycles. The number of aryl methyl sites for hydroxylation is 1. The van der Waals surface area contributed by atoms with Crippen molar-refractivity contribution in [1.82, 2.24) is 10.3 Å². The molecule has 5 nitrogen and oxygen atoms in total. The highest BCUT2D eigenvalue weighted by Gasteiger charge is 2.37. The van der Waals surface area contributed by atoms with Gasteiger partial charge in [-0.25, -0.2) is 0 Å². The fourth-order valence-electron chi connectivity index (χ4n) is 4.04. The number of hydrogen-bond donors (Lipinski definition) is 1. The van der Waals surface area contributed by atoms with Crippen LogP contribution in [0.1, 0.15) is 29.2 Å². The minimum atomic E-state index is 0.116. The SMILES string of the molecule is COc1cccc(C2NN=C3CCN(C)CC32)c1OCc1cccc(C)c1. The summed E-state index contributed by atoms with van der Waals surface area (Å²) in [5.41, 5.74) is 8.13. The standard InChI is InChI=1S/C22H27N3O2/c1-15-6-4-7-16(12-15)14-27-22-17(8-5-9-20(22)26-3)21-18-13-25(2)11-10-19(18)23-24-21/h4-9,12,18,21,24H,10-11,13-14H2,1-3H3. The molecular weight excluding hydrogens is 338 g/mol. The predicted octanol–water partition coefficient (Wildman–Crippen LogP) is 3.53. The molecule has 4 rings (SSSR count). The van der Waals surface area contributed by atoms with Crippen LogP contribution < -0.4 is 14.9 Å². The van der Waals surface area contributed by atoms with Gasteiger partial charge in [0.2, 0.25) is 0 Å². The van der Waals surface area contributed by atoms with E-state index in [1.807, 2.05) is 12.1 Å². The zero-order valence-electron chi connectivity index (χ0n) is 16.2. The third kappa shape index (κ3) is 3.65. The summed E-state index contributed by atoms with van der Waals surface area (Å²) in [4.78, 5) is 2.37. The van der Waals surface area contributed by atoms with E-state index in [9.17, 15) is 0 Å². The number of para-hydroxylation sites is 1. The van der Waals surface area contributed by atoms with Crippen molar-refractivity contribution >= 4 is 5.71 Å². The van der Waals surface area contributed by atoms with E-state index < -0.39 is 0 Å². The summed E-state index contributed by atoms with van der Waals surface area (Å²) in [6.07, 6.45) is 1.02. The summed E-state index contributed by atoms with van der Waals surface area (Å²) in [5.74, 6) is 1.94. The molecule has 0 radical (unpaired) electrons. The molecule has 5 heteroatoms. The first-order valence-corrected chi connectivity index (χ1v) is 9.51. The van der Waals surface area contributed by atoms with E-state index in [0.29, 0.717) is 12.5 Å². The van der Waals surface area contributed by atoms with Gasteiger partial charge in [0.05, 0.1) is 13.2 Å². The van der Waals surface area contributed by atoms with E-state index in [4.69, 9.17) is 9.47 Å². The van der Waals surface area contributed by atoms with Gasteiger partial charge in [0.25, 0.3) is 0 Å². The van der Waals surface area contributed by atoms with Gasteiger partial charge in [-0.1, -0.05) is 42.0 Å². The van der Waals surface area contributed by atoms with E-state index in [1.165, 1.54) is 11.3 Å². The molecule has 2 aliphatic rings. The number of methoxy groups -OCH3 is 1. The van der Waals surface area contributed by atoms with Crippen LogP contribution in [0.5, 0.6) is 11.5 Å². The molecule has 2 unspecified atom stereocenters. The Kier molecular flexibility index (Phi) is 5.03. The molecule has 0 saturated carbocycles. The fraction of sp³-hybridized carbons (Fsp3) is 0.409. The van der Waals surface area contributed by atoms with E-state index in [-0.39, 0.29) is 6.04 Å². The topological polar surface area (TPSA) is 46.1 Å². The highest BCUT2D eigenvalue weighted by Crippen LogP contribution is 2.41. The molecule has 1 fully saturated rings. The normalized spacial score (nSPS) is 22.0. The van der Waals surface area contributed by atoms with Gasteiger partial charge in [0.15, 0.2) is 11.5 Å². The number of rotatable bonds is 5. The number of nitrogens with zero attached hydrogens (tertiary/aromatic N) is 2. The van der Waals surface area contributed by atoms with Crippen LogP contribution in [0, 0.1) is 12.8 Å². The number of benzene rings is 2. The van der Waals surface area contributed by atoms with Crippen molar-refractivity contribution in [1.29, 1.82) is 0 Å². The van der Waals surface area contributed by atoms with Gasteiger partial charge in [-0.05, 0) is 25.6 Å². The number of ether oxygens (including phenoxy) is 2. The summed E-state index contributed by atoms with van der Waals surface area (Å²) < 4.78 is 11.9. The molecule has 0 amide bonds. The Bertz CT molecular complexity index is 849. The van der Waals surface area contributed by atoms with Crippen LogP contribution in [0.15, 0.2) is 47.6 Å². The van der Waals surface area contributed by atoms with Crippen LogP contribution in [0.4, 0.5) is 0 Å². The molecule has 1 N–H and O–H groups in total. The molecule has 2 atom stereocenters. The van der Waals surface area contributed by atoms with Crippen molar-refractivity contribution in [2.45, 2.75) is 26.0 Å². The second kappa shape index (κ2) is 7.61.